The lowest BCUT2D eigenvalue weighted by atomic mass is 10.0. The Hall–Kier alpha value is -3.52. The van der Waals surface area contributed by atoms with Gasteiger partial charge in [0.25, 0.3) is 5.91 Å². The van der Waals surface area contributed by atoms with Gasteiger partial charge in [-0.15, -0.1) is 0 Å². The zero-order chi connectivity index (χ0) is 19.7. The second-order valence-electron chi connectivity index (χ2n) is 6.69. The maximum atomic E-state index is 12.0. The summed E-state index contributed by atoms with van der Waals surface area (Å²) in [5.74, 6) is -0.556. The van der Waals surface area contributed by atoms with Gasteiger partial charge in [-0.3, -0.25) is 9.59 Å². The Labute approximate surface area is 160 Å². The van der Waals surface area contributed by atoms with Crippen LogP contribution in [-0.4, -0.2) is 44.5 Å². The van der Waals surface area contributed by atoms with E-state index >= 15 is 0 Å². The van der Waals surface area contributed by atoms with Crippen molar-refractivity contribution in [3.8, 4) is 22.8 Å². The van der Waals surface area contributed by atoms with Crippen LogP contribution in [0.1, 0.15) is 21.6 Å². The number of amides is 1. The molecule has 5 N–H and O–H groups in total. The number of hydrogen-bond acceptors (Lipinski definition) is 5. The first-order valence-electron chi connectivity index (χ1n) is 8.92. The number of rotatable bonds is 5. The molecule has 142 valence electrons. The van der Waals surface area contributed by atoms with Gasteiger partial charge in [-0.05, 0) is 24.1 Å². The normalized spacial score (nSPS) is 14.2. The van der Waals surface area contributed by atoms with Gasteiger partial charge >= 0.3 is 5.97 Å². The first-order valence-corrected chi connectivity index (χ1v) is 8.92. The van der Waals surface area contributed by atoms with Crippen molar-refractivity contribution in [2.45, 2.75) is 18.9 Å². The van der Waals surface area contributed by atoms with Crippen molar-refractivity contribution in [1.82, 2.24) is 20.3 Å². The van der Waals surface area contributed by atoms with Crippen molar-refractivity contribution >= 4 is 11.9 Å². The highest BCUT2D eigenvalue weighted by atomic mass is 16.4. The van der Waals surface area contributed by atoms with Crippen LogP contribution in [-0.2, 0) is 17.6 Å². The first-order chi connectivity index (χ1) is 13.5. The monoisotopic (exact) mass is 377 g/mol. The van der Waals surface area contributed by atoms with E-state index in [9.17, 15) is 9.59 Å². The van der Waals surface area contributed by atoms with Crippen molar-refractivity contribution in [3.63, 3.8) is 0 Å². The predicted octanol–water partition coefficient (Wildman–Crippen LogP) is 1.38. The van der Waals surface area contributed by atoms with E-state index in [4.69, 9.17) is 10.8 Å². The van der Waals surface area contributed by atoms with Crippen LogP contribution in [0.3, 0.4) is 0 Å². The quantitative estimate of drug-likeness (QED) is 0.531. The molecule has 28 heavy (non-hydrogen) atoms. The summed E-state index contributed by atoms with van der Waals surface area (Å²) in [5, 5.41) is 11.7. The van der Waals surface area contributed by atoms with Crippen molar-refractivity contribution in [2.75, 3.05) is 6.54 Å². The molecule has 0 aliphatic carbocycles. The molecule has 0 radical (unpaired) electrons. The Kier molecular flexibility index (Phi) is 4.62. The number of benzene rings is 1. The van der Waals surface area contributed by atoms with Gasteiger partial charge in [-0.25, -0.2) is 9.97 Å². The third kappa shape index (κ3) is 3.49. The number of carbonyl (C=O) groups excluding carboxylic acids is 1. The smallest absolute Gasteiger partial charge is 0.320 e. The van der Waals surface area contributed by atoms with Crippen molar-refractivity contribution in [1.29, 1.82) is 0 Å². The molecule has 2 aromatic heterocycles. The van der Waals surface area contributed by atoms with Gasteiger partial charge in [0.15, 0.2) is 5.82 Å². The zero-order valence-corrected chi connectivity index (χ0v) is 15.0. The average Bonchev–Trinajstić information content (AvgIpc) is 3.14. The molecule has 3 aromatic rings. The van der Waals surface area contributed by atoms with Crippen molar-refractivity contribution in [2.24, 2.45) is 5.73 Å². The van der Waals surface area contributed by atoms with Gasteiger partial charge in [0.1, 0.15) is 6.04 Å². The lowest BCUT2D eigenvalue weighted by molar-refractivity contribution is -0.138. The van der Waals surface area contributed by atoms with Gasteiger partial charge < -0.3 is 21.1 Å². The molecule has 1 aliphatic rings. The van der Waals surface area contributed by atoms with Gasteiger partial charge in [-0.2, -0.15) is 0 Å². The van der Waals surface area contributed by atoms with E-state index in [1.54, 1.807) is 12.3 Å². The van der Waals surface area contributed by atoms with Crippen LogP contribution >= 0.6 is 0 Å². The number of carboxylic acids is 1. The second kappa shape index (κ2) is 7.24. The molecule has 1 amide bonds. The molecule has 8 nitrogen and oxygen atoms in total. The Morgan fingerprint density at radius 3 is 2.75 bits per heavy atom. The largest absolute Gasteiger partial charge is 0.480 e. The number of nitrogens with zero attached hydrogens (tertiary/aromatic N) is 2. The van der Waals surface area contributed by atoms with Crippen LogP contribution in [0.5, 0.6) is 0 Å². The molecule has 3 heterocycles. The minimum absolute atomic E-state index is 0.0758. The van der Waals surface area contributed by atoms with Crippen LogP contribution in [0.4, 0.5) is 0 Å². The first kappa shape index (κ1) is 17.9. The summed E-state index contributed by atoms with van der Waals surface area (Å²) in [5.41, 5.74) is 10.3. The Morgan fingerprint density at radius 2 is 2.04 bits per heavy atom. The topological polar surface area (TPSA) is 134 Å². The third-order valence-electron chi connectivity index (χ3n) is 4.72. The summed E-state index contributed by atoms with van der Waals surface area (Å²) in [6, 6.07) is 10.0. The number of carboxylic acid groups (broad SMARTS) is 1. The average molecular weight is 377 g/mol. The van der Waals surface area contributed by atoms with Crippen LogP contribution in [0.25, 0.3) is 22.8 Å². The number of nitrogens with two attached hydrogens (primary N) is 1. The number of aliphatic carboxylic acids is 1. The minimum Gasteiger partial charge on any atom is -0.480 e. The standard InChI is InChI=1S/C20H19N5O3/c21-14(20(27)28)9-11-1-3-12(4-2-11)18-22-7-6-16(25-18)17-10-13-15(24-17)5-8-23-19(13)26/h1-4,6-7,10,14,24H,5,8-9,21H2,(H,23,26)(H,27,28)/t14-/m0/s1. The molecule has 0 bridgehead atoms. The fourth-order valence-corrected chi connectivity index (χ4v) is 3.21. The van der Waals surface area contributed by atoms with Gasteiger partial charge in [-0.1, -0.05) is 24.3 Å². The molecule has 0 fully saturated rings. The molecule has 4 rings (SSSR count). The van der Waals surface area contributed by atoms with Crippen LogP contribution in [0, 0.1) is 0 Å². The molecular formula is C20H19N5O3. The zero-order valence-electron chi connectivity index (χ0n) is 15.0. The molecule has 0 saturated heterocycles. The summed E-state index contributed by atoms with van der Waals surface area (Å²) in [4.78, 5) is 35.1. The molecule has 1 aliphatic heterocycles. The van der Waals surface area contributed by atoms with E-state index in [-0.39, 0.29) is 12.3 Å². The van der Waals surface area contributed by atoms with E-state index < -0.39 is 12.0 Å². The molecule has 8 heteroatoms. The number of carbonyl (C=O) groups is 2. The van der Waals surface area contributed by atoms with E-state index in [1.807, 2.05) is 30.3 Å². The Morgan fingerprint density at radius 1 is 1.25 bits per heavy atom. The molecule has 0 unspecified atom stereocenters. The van der Waals surface area contributed by atoms with Crippen molar-refractivity contribution in [3.05, 3.63) is 59.4 Å². The number of fused-ring (bicyclic) bond motifs is 1. The number of hydrogen-bond donors (Lipinski definition) is 4. The summed E-state index contributed by atoms with van der Waals surface area (Å²) in [6.45, 7) is 0.624. The number of nitrogens with one attached hydrogen (secondary N) is 2. The van der Waals surface area contributed by atoms with Crippen LogP contribution < -0.4 is 11.1 Å². The highest BCUT2D eigenvalue weighted by Gasteiger charge is 2.20. The molecular weight excluding hydrogens is 358 g/mol. The molecule has 1 aromatic carbocycles. The highest BCUT2D eigenvalue weighted by molar-refractivity contribution is 5.97. The molecule has 0 spiro atoms. The minimum atomic E-state index is -1.03. The fourth-order valence-electron chi connectivity index (χ4n) is 3.21. The highest BCUT2D eigenvalue weighted by Crippen LogP contribution is 2.24. The molecule has 0 saturated carbocycles. The van der Waals surface area contributed by atoms with E-state index in [0.29, 0.717) is 23.6 Å². The van der Waals surface area contributed by atoms with Gasteiger partial charge in [0.2, 0.25) is 0 Å². The summed E-state index contributed by atoms with van der Waals surface area (Å²) in [7, 11) is 0. The number of H-pyrrole nitrogens is 1. The number of aromatic nitrogens is 3. The summed E-state index contributed by atoms with van der Waals surface area (Å²) < 4.78 is 0. The van der Waals surface area contributed by atoms with E-state index in [2.05, 4.69) is 20.3 Å². The van der Waals surface area contributed by atoms with Gasteiger partial charge in [0, 0.05) is 30.4 Å². The predicted molar refractivity (Wildman–Crippen MR) is 103 cm³/mol. The lowest BCUT2D eigenvalue weighted by Crippen LogP contribution is -2.32. The summed E-state index contributed by atoms with van der Waals surface area (Å²) in [6.07, 6.45) is 2.69. The van der Waals surface area contributed by atoms with Crippen LogP contribution in [0.15, 0.2) is 42.6 Å². The SMILES string of the molecule is N[C@@H](Cc1ccc(-c2nccc(-c3cc4c([nH]3)CCNC4=O)n2)cc1)C(=O)O. The molecule has 1 atom stereocenters. The van der Waals surface area contributed by atoms with Crippen LogP contribution in [0.2, 0.25) is 0 Å². The maximum Gasteiger partial charge on any atom is 0.320 e. The lowest BCUT2D eigenvalue weighted by Gasteiger charge is -2.10. The van der Waals surface area contributed by atoms with Gasteiger partial charge in [0.05, 0.1) is 17.0 Å². The second-order valence-corrected chi connectivity index (χ2v) is 6.69. The third-order valence-corrected chi connectivity index (χ3v) is 4.72. The summed E-state index contributed by atoms with van der Waals surface area (Å²) >= 11 is 0. The number of aromatic amines is 1. The van der Waals surface area contributed by atoms with Crippen molar-refractivity contribution < 1.29 is 14.7 Å². The van der Waals surface area contributed by atoms with E-state index in [0.717, 1.165) is 28.9 Å². The maximum absolute atomic E-state index is 12.0. The van der Waals surface area contributed by atoms with E-state index in [1.165, 1.54) is 0 Å². The fraction of sp³-hybridized carbons (Fsp3) is 0.200. The Bertz CT molecular complexity index is 1040. The Balaban J connectivity index is 1.59.